The van der Waals surface area contributed by atoms with E-state index in [4.69, 9.17) is 11.6 Å². The summed E-state index contributed by atoms with van der Waals surface area (Å²) in [6.07, 6.45) is 0.510. The lowest BCUT2D eigenvalue weighted by molar-refractivity contribution is -0.136. The number of carboxylic acid groups (broad SMARTS) is 1. The van der Waals surface area contributed by atoms with E-state index >= 15 is 0 Å². The summed E-state index contributed by atoms with van der Waals surface area (Å²) in [5.41, 5.74) is 3.44. The summed E-state index contributed by atoms with van der Waals surface area (Å²) in [5.74, 6) is -0.796. The predicted molar refractivity (Wildman–Crippen MR) is 88.4 cm³/mol. The van der Waals surface area contributed by atoms with Crippen molar-refractivity contribution in [2.75, 3.05) is 0 Å². The van der Waals surface area contributed by atoms with E-state index < -0.39 is 11.2 Å². The smallest absolute Gasteiger partial charge is 0.317 e. The van der Waals surface area contributed by atoms with Crippen LogP contribution < -0.4 is 0 Å². The van der Waals surface area contributed by atoms with Gasteiger partial charge in [-0.2, -0.15) is 0 Å². The van der Waals surface area contributed by atoms with Crippen LogP contribution in [-0.2, 0) is 11.2 Å². The van der Waals surface area contributed by atoms with E-state index in [1.54, 1.807) is 12.1 Å². The Hall–Kier alpha value is -1.45. The molecule has 2 aromatic rings. The number of thioether (sulfide) groups is 1. The summed E-state index contributed by atoms with van der Waals surface area (Å²) in [6, 6.07) is 13.3. The van der Waals surface area contributed by atoms with Crippen LogP contribution in [0.15, 0.2) is 47.4 Å². The zero-order chi connectivity index (χ0) is 15.4. The second-order valence-corrected chi connectivity index (χ2v) is 6.67. The van der Waals surface area contributed by atoms with Gasteiger partial charge < -0.3 is 5.11 Å². The topological polar surface area (TPSA) is 37.3 Å². The fourth-order valence-electron chi connectivity index (χ4n) is 2.09. The van der Waals surface area contributed by atoms with Crippen LogP contribution in [0.5, 0.6) is 0 Å². The van der Waals surface area contributed by atoms with E-state index in [1.807, 2.05) is 44.2 Å². The van der Waals surface area contributed by atoms with E-state index in [0.29, 0.717) is 11.4 Å². The Morgan fingerprint density at radius 2 is 1.86 bits per heavy atom. The minimum atomic E-state index is -0.796. The Morgan fingerprint density at radius 1 is 1.19 bits per heavy atom. The molecular formula is C17H17ClO2S. The highest BCUT2D eigenvalue weighted by atomic mass is 35.5. The maximum atomic E-state index is 11.5. The number of hydrogen-bond acceptors (Lipinski definition) is 2. The molecular weight excluding hydrogens is 304 g/mol. The van der Waals surface area contributed by atoms with Crippen LogP contribution in [0, 0.1) is 13.8 Å². The molecule has 2 nitrogen and oxygen atoms in total. The fourth-order valence-corrected chi connectivity index (χ4v) is 3.20. The lowest BCUT2D eigenvalue weighted by atomic mass is 10.00. The second kappa shape index (κ2) is 7.01. The van der Waals surface area contributed by atoms with Gasteiger partial charge in [-0.1, -0.05) is 29.8 Å². The van der Waals surface area contributed by atoms with Crippen molar-refractivity contribution in [3.63, 3.8) is 0 Å². The molecule has 4 heteroatoms. The van der Waals surface area contributed by atoms with Crippen molar-refractivity contribution in [1.82, 2.24) is 0 Å². The third-order valence-corrected chi connectivity index (χ3v) is 4.94. The second-order valence-electron chi connectivity index (χ2n) is 4.96. The van der Waals surface area contributed by atoms with Gasteiger partial charge in [0.05, 0.1) is 0 Å². The third-order valence-electron chi connectivity index (χ3n) is 3.49. The molecule has 0 spiro atoms. The lowest BCUT2D eigenvalue weighted by Gasteiger charge is -2.15. The fraction of sp³-hybridized carbons (Fsp3) is 0.235. The Bertz CT molecular complexity index is 638. The highest BCUT2D eigenvalue weighted by Gasteiger charge is 2.20. The standard InChI is InChI=1S/C17H17ClO2S/c1-11-4-3-5-13(12(11)2)10-16(17(19)20)21-15-8-6-14(18)7-9-15/h3-9,16H,10H2,1-2H3,(H,19,20)/t16-/m0/s1. The molecule has 0 heterocycles. The number of carbonyl (C=O) groups is 1. The van der Waals surface area contributed by atoms with Gasteiger partial charge in [0.2, 0.25) is 0 Å². The van der Waals surface area contributed by atoms with Crippen LogP contribution in [0.3, 0.4) is 0 Å². The summed E-state index contributed by atoms with van der Waals surface area (Å²) in [7, 11) is 0. The molecule has 0 fully saturated rings. The monoisotopic (exact) mass is 320 g/mol. The maximum Gasteiger partial charge on any atom is 0.317 e. The number of aliphatic carboxylic acids is 1. The summed E-state index contributed by atoms with van der Waals surface area (Å²) in [6.45, 7) is 4.08. The number of hydrogen-bond donors (Lipinski definition) is 1. The van der Waals surface area contributed by atoms with Crippen LogP contribution in [0.1, 0.15) is 16.7 Å². The van der Waals surface area contributed by atoms with Crippen LogP contribution in [0.25, 0.3) is 0 Å². The van der Waals surface area contributed by atoms with Gasteiger partial charge in [0.1, 0.15) is 5.25 Å². The number of halogens is 1. The molecule has 2 aromatic carbocycles. The first kappa shape index (κ1) is 15.9. The molecule has 1 N–H and O–H groups in total. The van der Waals surface area contributed by atoms with Crippen molar-refractivity contribution in [1.29, 1.82) is 0 Å². The minimum absolute atomic E-state index is 0.508. The van der Waals surface area contributed by atoms with Gasteiger partial charge in [-0.3, -0.25) is 4.79 Å². The normalized spacial score (nSPS) is 12.1. The molecule has 110 valence electrons. The number of benzene rings is 2. The Labute approximate surface area is 134 Å². The van der Waals surface area contributed by atoms with Crippen molar-refractivity contribution < 1.29 is 9.90 Å². The molecule has 0 aliphatic carbocycles. The minimum Gasteiger partial charge on any atom is -0.480 e. The van der Waals surface area contributed by atoms with Gasteiger partial charge in [-0.25, -0.2) is 0 Å². The zero-order valence-electron chi connectivity index (χ0n) is 12.0. The summed E-state index contributed by atoms with van der Waals surface area (Å²) >= 11 is 7.21. The molecule has 0 amide bonds. The first-order valence-corrected chi connectivity index (χ1v) is 7.93. The first-order valence-electron chi connectivity index (χ1n) is 6.67. The molecule has 2 rings (SSSR count). The highest BCUT2D eigenvalue weighted by molar-refractivity contribution is 8.00. The number of carboxylic acids is 1. The van der Waals surface area contributed by atoms with E-state index in [1.165, 1.54) is 22.9 Å². The quantitative estimate of drug-likeness (QED) is 0.808. The van der Waals surface area contributed by atoms with Crippen LogP contribution in [-0.4, -0.2) is 16.3 Å². The summed E-state index contributed by atoms with van der Waals surface area (Å²) in [4.78, 5) is 12.4. The Morgan fingerprint density at radius 3 is 2.48 bits per heavy atom. The largest absolute Gasteiger partial charge is 0.480 e. The third kappa shape index (κ3) is 4.26. The summed E-state index contributed by atoms with van der Waals surface area (Å²) < 4.78 is 0. The summed E-state index contributed by atoms with van der Waals surface area (Å²) in [5, 5.41) is 9.61. The number of rotatable bonds is 5. The van der Waals surface area contributed by atoms with Crippen molar-refractivity contribution in [3.05, 3.63) is 64.2 Å². The molecule has 0 saturated carbocycles. The molecule has 0 aliphatic rings. The van der Waals surface area contributed by atoms with Gasteiger partial charge in [0.25, 0.3) is 0 Å². The van der Waals surface area contributed by atoms with Crippen LogP contribution in [0.4, 0.5) is 0 Å². The van der Waals surface area contributed by atoms with Gasteiger partial charge in [0, 0.05) is 9.92 Å². The Balaban J connectivity index is 2.18. The van der Waals surface area contributed by atoms with E-state index in [-0.39, 0.29) is 0 Å². The van der Waals surface area contributed by atoms with Crippen LogP contribution >= 0.6 is 23.4 Å². The molecule has 0 bridgehead atoms. The molecule has 0 aromatic heterocycles. The molecule has 0 radical (unpaired) electrons. The Kier molecular flexibility index (Phi) is 5.32. The van der Waals surface area contributed by atoms with Gasteiger partial charge in [-0.05, 0) is 61.2 Å². The van der Waals surface area contributed by atoms with Gasteiger partial charge in [-0.15, -0.1) is 11.8 Å². The van der Waals surface area contributed by atoms with Crippen molar-refractivity contribution >= 4 is 29.3 Å². The van der Waals surface area contributed by atoms with Gasteiger partial charge >= 0.3 is 5.97 Å². The zero-order valence-corrected chi connectivity index (χ0v) is 13.5. The maximum absolute atomic E-state index is 11.5. The van der Waals surface area contributed by atoms with E-state index in [0.717, 1.165) is 10.5 Å². The van der Waals surface area contributed by atoms with Crippen molar-refractivity contribution in [2.45, 2.75) is 30.4 Å². The number of aryl methyl sites for hydroxylation is 1. The van der Waals surface area contributed by atoms with Crippen molar-refractivity contribution in [2.24, 2.45) is 0 Å². The average molecular weight is 321 g/mol. The lowest BCUT2D eigenvalue weighted by Crippen LogP contribution is -2.19. The first-order chi connectivity index (χ1) is 9.97. The average Bonchev–Trinajstić information content (AvgIpc) is 2.45. The van der Waals surface area contributed by atoms with Gasteiger partial charge in [0.15, 0.2) is 0 Å². The van der Waals surface area contributed by atoms with E-state index in [2.05, 4.69) is 0 Å². The molecule has 1 atom stereocenters. The van der Waals surface area contributed by atoms with Crippen LogP contribution in [0.2, 0.25) is 5.02 Å². The molecule has 0 aliphatic heterocycles. The predicted octanol–water partition coefficient (Wildman–Crippen LogP) is 4.74. The molecule has 0 unspecified atom stereocenters. The van der Waals surface area contributed by atoms with Crippen molar-refractivity contribution in [3.8, 4) is 0 Å². The molecule has 21 heavy (non-hydrogen) atoms. The highest BCUT2D eigenvalue weighted by Crippen LogP contribution is 2.28. The SMILES string of the molecule is Cc1cccc(C[C@H](Sc2ccc(Cl)cc2)C(=O)O)c1C. The molecule has 0 saturated heterocycles. The van der Waals surface area contributed by atoms with E-state index in [9.17, 15) is 9.90 Å².